The monoisotopic (exact) mass is 369 g/mol. The molecule has 0 bridgehead atoms. The zero-order chi connectivity index (χ0) is 19.0. The van der Waals surface area contributed by atoms with Crippen molar-refractivity contribution in [1.82, 2.24) is 24.6 Å². The molecule has 3 heterocycles. The number of hydrogen-bond acceptors (Lipinski definition) is 3. The summed E-state index contributed by atoms with van der Waals surface area (Å²) in [5.74, 6) is 0.418. The molecule has 1 aromatic carbocycles. The summed E-state index contributed by atoms with van der Waals surface area (Å²) >= 11 is 0. The number of aromatic nitrogens is 4. The molecule has 4 rings (SSSR count). The third kappa shape index (κ3) is 3.34. The average Bonchev–Trinajstić information content (AvgIpc) is 3.24. The van der Waals surface area contributed by atoms with Gasteiger partial charge in [0.05, 0.1) is 28.3 Å². The van der Waals surface area contributed by atoms with E-state index in [1.807, 2.05) is 22.7 Å². The molecule has 0 saturated carbocycles. The summed E-state index contributed by atoms with van der Waals surface area (Å²) in [4.78, 5) is 23.0. The van der Waals surface area contributed by atoms with E-state index < -0.39 is 0 Å². The predicted molar refractivity (Wildman–Crippen MR) is 101 cm³/mol. The quantitative estimate of drug-likeness (QED) is 0.756. The molecule has 3 aromatic rings. The van der Waals surface area contributed by atoms with Crippen LogP contribution in [0.2, 0.25) is 0 Å². The van der Waals surface area contributed by atoms with Crippen LogP contribution in [0.3, 0.4) is 0 Å². The minimum atomic E-state index is -0.298. The number of halogens is 1. The summed E-state index contributed by atoms with van der Waals surface area (Å²) in [5.41, 5.74) is 2.79. The molecule has 1 aliphatic rings. The van der Waals surface area contributed by atoms with Gasteiger partial charge in [-0.3, -0.25) is 9.48 Å². The Labute approximate surface area is 157 Å². The lowest BCUT2D eigenvalue weighted by Gasteiger charge is -2.34. The van der Waals surface area contributed by atoms with E-state index in [9.17, 15) is 9.18 Å². The molecule has 2 aromatic heterocycles. The standard InChI is InChI=1S/C20H24FN5O/c1-3-9-25-12-15(13(2)24-25)20(27)26-10-5-4-6-18(26)19-22-16-8-7-14(21)11-17(16)23-19/h7-8,11-12,18H,3-6,9-10H2,1-2H3,(H,22,23)/t18-/m1/s1. The van der Waals surface area contributed by atoms with Crippen molar-refractivity contribution in [2.45, 2.75) is 52.1 Å². The van der Waals surface area contributed by atoms with Gasteiger partial charge in [0.1, 0.15) is 11.6 Å². The van der Waals surface area contributed by atoms with Gasteiger partial charge in [-0.1, -0.05) is 6.92 Å². The van der Waals surface area contributed by atoms with Gasteiger partial charge in [-0.15, -0.1) is 0 Å². The number of H-pyrrole nitrogens is 1. The minimum Gasteiger partial charge on any atom is -0.340 e. The van der Waals surface area contributed by atoms with Gasteiger partial charge in [-0.25, -0.2) is 9.37 Å². The number of nitrogens with one attached hydrogen (secondary N) is 1. The number of carbonyl (C=O) groups is 1. The molecule has 1 N–H and O–H groups in total. The van der Waals surface area contributed by atoms with Gasteiger partial charge >= 0.3 is 0 Å². The molecule has 1 saturated heterocycles. The zero-order valence-electron chi connectivity index (χ0n) is 15.7. The van der Waals surface area contributed by atoms with E-state index in [4.69, 9.17) is 0 Å². The fourth-order valence-electron chi connectivity index (χ4n) is 3.84. The fourth-order valence-corrected chi connectivity index (χ4v) is 3.84. The van der Waals surface area contributed by atoms with E-state index >= 15 is 0 Å². The summed E-state index contributed by atoms with van der Waals surface area (Å²) in [6, 6.07) is 4.39. The number of rotatable bonds is 4. The van der Waals surface area contributed by atoms with E-state index in [1.54, 1.807) is 6.07 Å². The van der Waals surface area contributed by atoms with Gasteiger partial charge in [0.25, 0.3) is 5.91 Å². The van der Waals surface area contributed by atoms with Gasteiger partial charge in [0.15, 0.2) is 0 Å². The maximum atomic E-state index is 13.5. The van der Waals surface area contributed by atoms with E-state index in [1.165, 1.54) is 12.1 Å². The Morgan fingerprint density at radius 2 is 2.22 bits per heavy atom. The first-order valence-corrected chi connectivity index (χ1v) is 9.57. The number of aromatic amines is 1. The second-order valence-electron chi connectivity index (χ2n) is 7.18. The first-order chi connectivity index (χ1) is 13.1. The average molecular weight is 369 g/mol. The van der Waals surface area contributed by atoms with Gasteiger partial charge in [-0.05, 0) is 50.8 Å². The van der Waals surface area contributed by atoms with Crippen LogP contribution in [0.15, 0.2) is 24.4 Å². The van der Waals surface area contributed by atoms with E-state index in [2.05, 4.69) is 22.0 Å². The topological polar surface area (TPSA) is 66.8 Å². The highest BCUT2D eigenvalue weighted by molar-refractivity contribution is 5.95. The molecule has 0 unspecified atom stereocenters. The van der Waals surface area contributed by atoms with Crippen LogP contribution in [-0.2, 0) is 6.54 Å². The summed E-state index contributed by atoms with van der Waals surface area (Å²) in [6.07, 6.45) is 5.67. The van der Waals surface area contributed by atoms with Crippen LogP contribution in [0.25, 0.3) is 11.0 Å². The SMILES string of the molecule is CCCn1cc(C(=O)N2CCCC[C@@H]2c2nc3ccc(F)cc3[nH]2)c(C)n1. The van der Waals surface area contributed by atoms with E-state index in [0.717, 1.165) is 49.3 Å². The van der Waals surface area contributed by atoms with Crippen LogP contribution >= 0.6 is 0 Å². The lowest BCUT2D eigenvalue weighted by molar-refractivity contribution is 0.0600. The number of carbonyl (C=O) groups excluding carboxylic acids is 1. The molecule has 1 aliphatic heterocycles. The Morgan fingerprint density at radius 1 is 1.37 bits per heavy atom. The third-order valence-corrected chi connectivity index (χ3v) is 5.17. The normalized spacial score (nSPS) is 17.6. The molecule has 1 amide bonds. The zero-order valence-corrected chi connectivity index (χ0v) is 15.7. The Kier molecular flexibility index (Phi) is 4.68. The Balaban J connectivity index is 1.66. The van der Waals surface area contributed by atoms with E-state index in [0.29, 0.717) is 17.6 Å². The number of amides is 1. The highest BCUT2D eigenvalue weighted by Gasteiger charge is 2.32. The van der Waals surface area contributed by atoms with E-state index in [-0.39, 0.29) is 17.8 Å². The maximum absolute atomic E-state index is 13.5. The molecule has 27 heavy (non-hydrogen) atoms. The van der Waals surface area contributed by atoms with Gasteiger partial charge in [0, 0.05) is 19.3 Å². The summed E-state index contributed by atoms with van der Waals surface area (Å²) in [5, 5.41) is 4.46. The van der Waals surface area contributed by atoms with Crippen molar-refractivity contribution in [1.29, 1.82) is 0 Å². The molecule has 7 heteroatoms. The Morgan fingerprint density at radius 3 is 3.04 bits per heavy atom. The van der Waals surface area contributed by atoms with Crippen molar-refractivity contribution >= 4 is 16.9 Å². The number of hydrogen-bond donors (Lipinski definition) is 1. The summed E-state index contributed by atoms with van der Waals surface area (Å²) < 4.78 is 15.3. The van der Waals surface area contributed by atoms with Crippen molar-refractivity contribution in [2.24, 2.45) is 0 Å². The lowest BCUT2D eigenvalue weighted by atomic mass is 10.0. The van der Waals surface area contributed by atoms with Crippen molar-refractivity contribution < 1.29 is 9.18 Å². The van der Waals surface area contributed by atoms with Crippen LogP contribution in [-0.4, -0.2) is 37.1 Å². The van der Waals surface area contributed by atoms with Crippen LogP contribution in [0.5, 0.6) is 0 Å². The smallest absolute Gasteiger partial charge is 0.257 e. The molecular formula is C20H24FN5O. The van der Waals surface area contributed by atoms with Crippen molar-refractivity contribution in [3.63, 3.8) is 0 Å². The summed E-state index contributed by atoms with van der Waals surface area (Å²) in [6.45, 7) is 5.45. The van der Waals surface area contributed by atoms with Crippen LogP contribution in [0, 0.1) is 12.7 Å². The van der Waals surface area contributed by atoms with Gasteiger partial charge < -0.3 is 9.88 Å². The number of benzene rings is 1. The second kappa shape index (κ2) is 7.13. The number of aryl methyl sites for hydroxylation is 2. The predicted octanol–water partition coefficient (Wildman–Crippen LogP) is 3.98. The third-order valence-electron chi connectivity index (χ3n) is 5.17. The van der Waals surface area contributed by atoms with Crippen molar-refractivity contribution in [3.8, 4) is 0 Å². The molecule has 0 radical (unpaired) electrons. The first kappa shape index (κ1) is 17.7. The second-order valence-corrected chi connectivity index (χ2v) is 7.18. The number of nitrogens with zero attached hydrogens (tertiary/aromatic N) is 4. The molecular weight excluding hydrogens is 345 g/mol. The minimum absolute atomic E-state index is 0.00816. The lowest BCUT2D eigenvalue weighted by Crippen LogP contribution is -2.39. The van der Waals surface area contributed by atoms with Gasteiger partial charge in [-0.2, -0.15) is 5.10 Å². The van der Waals surface area contributed by atoms with Crippen LogP contribution < -0.4 is 0 Å². The highest BCUT2D eigenvalue weighted by atomic mass is 19.1. The first-order valence-electron chi connectivity index (χ1n) is 9.57. The van der Waals surface area contributed by atoms with Crippen LogP contribution in [0.4, 0.5) is 4.39 Å². The Bertz CT molecular complexity index is 976. The molecule has 0 aliphatic carbocycles. The van der Waals surface area contributed by atoms with Gasteiger partial charge in [0.2, 0.25) is 0 Å². The maximum Gasteiger partial charge on any atom is 0.257 e. The number of likely N-dealkylation sites (tertiary alicyclic amines) is 1. The number of imidazole rings is 1. The molecule has 6 nitrogen and oxygen atoms in total. The summed E-state index contributed by atoms with van der Waals surface area (Å²) in [7, 11) is 0. The number of piperidine rings is 1. The number of fused-ring (bicyclic) bond motifs is 1. The van der Waals surface area contributed by atoms with Crippen LogP contribution in [0.1, 0.15) is 60.5 Å². The fraction of sp³-hybridized carbons (Fsp3) is 0.450. The van der Waals surface area contributed by atoms with Crippen molar-refractivity contribution in [3.05, 3.63) is 47.3 Å². The molecule has 1 fully saturated rings. The Hall–Kier alpha value is -2.70. The molecule has 0 spiro atoms. The molecule has 1 atom stereocenters. The largest absolute Gasteiger partial charge is 0.340 e. The highest BCUT2D eigenvalue weighted by Crippen LogP contribution is 2.32. The van der Waals surface area contributed by atoms with Crippen molar-refractivity contribution in [2.75, 3.05) is 6.54 Å². The molecule has 142 valence electrons.